The number of hydrogen-bond donors (Lipinski definition) is 1. The molecule has 0 bridgehead atoms. The van der Waals surface area contributed by atoms with Crippen molar-refractivity contribution >= 4 is 27.5 Å². The Bertz CT molecular complexity index is 380. The van der Waals surface area contributed by atoms with Gasteiger partial charge in [-0.3, -0.25) is 4.90 Å². The molecule has 4 heteroatoms. The molecule has 0 radical (unpaired) electrons. The van der Waals surface area contributed by atoms with Crippen molar-refractivity contribution in [2.24, 2.45) is 0 Å². The van der Waals surface area contributed by atoms with Crippen molar-refractivity contribution in [3.63, 3.8) is 0 Å². The van der Waals surface area contributed by atoms with Crippen LogP contribution < -0.4 is 5.32 Å². The van der Waals surface area contributed by atoms with Crippen molar-refractivity contribution < 1.29 is 0 Å². The first-order chi connectivity index (χ1) is 8.20. The fourth-order valence-electron chi connectivity index (χ4n) is 2.08. The van der Waals surface area contributed by atoms with Gasteiger partial charge in [0, 0.05) is 30.1 Å². The third-order valence-electron chi connectivity index (χ3n) is 3.16. The fraction of sp³-hybridized carbons (Fsp3) is 0.538. The highest BCUT2D eigenvalue weighted by Gasteiger charge is 2.23. The summed E-state index contributed by atoms with van der Waals surface area (Å²) in [6.45, 7) is 6.64. The van der Waals surface area contributed by atoms with Crippen molar-refractivity contribution in [1.82, 2.24) is 10.2 Å². The summed E-state index contributed by atoms with van der Waals surface area (Å²) >= 11 is 9.49. The SMILES string of the molecule is CCCN(Cc1ccc(Cl)c(Br)c1)C1CNC1. The van der Waals surface area contributed by atoms with Gasteiger partial charge in [0.15, 0.2) is 0 Å². The van der Waals surface area contributed by atoms with E-state index in [1.54, 1.807) is 0 Å². The lowest BCUT2D eigenvalue weighted by atomic mass is 10.1. The normalized spacial score (nSPS) is 16.2. The molecule has 0 unspecified atom stereocenters. The third kappa shape index (κ3) is 3.44. The highest BCUT2D eigenvalue weighted by atomic mass is 79.9. The quantitative estimate of drug-likeness (QED) is 0.896. The molecule has 1 aromatic carbocycles. The van der Waals surface area contributed by atoms with Gasteiger partial charge < -0.3 is 5.32 Å². The maximum atomic E-state index is 6.01. The molecule has 1 aromatic rings. The van der Waals surface area contributed by atoms with Crippen LogP contribution in [0.3, 0.4) is 0 Å². The van der Waals surface area contributed by atoms with Gasteiger partial charge in [-0.25, -0.2) is 0 Å². The average Bonchev–Trinajstić information content (AvgIpc) is 2.21. The fourth-order valence-corrected chi connectivity index (χ4v) is 2.63. The van der Waals surface area contributed by atoms with Gasteiger partial charge in [0.25, 0.3) is 0 Å². The van der Waals surface area contributed by atoms with E-state index < -0.39 is 0 Å². The van der Waals surface area contributed by atoms with Gasteiger partial charge in [-0.1, -0.05) is 24.6 Å². The van der Waals surface area contributed by atoms with Crippen LogP contribution in [0.25, 0.3) is 0 Å². The molecule has 17 heavy (non-hydrogen) atoms. The number of hydrogen-bond acceptors (Lipinski definition) is 2. The van der Waals surface area contributed by atoms with Crippen LogP contribution in [0.4, 0.5) is 0 Å². The molecule has 2 nitrogen and oxygen atoms in total. The summed E-state index contributed by atoms with van der Waals surface area (Å²) in [5.41, 5.74) is 1.32. The van der Waals surface area contributed by atoms with Crippen molar-refractivity contribution in [2.45, 2.75) is 25.9 Å². The minimum atomic E-state index is 0.699. The average molecular weight is 318 g/mol. The predicted octanol–water partition coefficient (Wildman–Crippen LogP) is 3.29. The molecule has 1 saturated heterocycles. The van der Waals surface area contributed by atoms with E-state index in [-0.39, 0.29) is 0 Å². The number of rotatable bonds is 5. The minimum Gasteiger partial charge on any atom is -0.314 e. The summed E-state index contributed by atoms with van der Waals surface area (Å²) in [5, 5.41) is 4.11. The molecule has 1 heterocycles. The molecule has 1 N–H and O–H groups in total. The van der Waals surface area contributed by atoms with E-state index in [9.17, 15) is 0 Å². The van der Waals surface area contributed by atoms with Crippen molar-refractivity contribution in [1.29, 1.82) is 0 Å². The first kappa shape index (κ1) is 13.3. The standard InChI is InChI=1S/C13H18BrClN2/c1-2-5-17(11-7-16-8-11)9-10-3-4-13(15)12(14)6-10/h3-4,6,11,16H,2,5,7-9H2,1H3. The van der Waals surface area contributed by atoms with Crippen molar-refractivity contribution in [2.75, 3.05) is 19.6 Å². The van der Waals surface area contributed by atoms with Crippen LogP contribution >= 0.6 is 27.5 Å². The van der Waals surface area contributed by atoms with E-state index in [0.717, 1.165) is 35.7 Å². The Kier molecular flexibility index (Phi) is 4.86. The second-order valence-corrected chi connectivity index (χ2v) is 5.79. The Balaban J connectivity index is 2.02. The van der Waals surface area contributed by atoms with E-state index in [4.69, 9.17) is 11.6 Å². The second kappa shape index (κ2) is 6.19. The summed E-state index contributed by atoms with van der Waals surface area (Å²) in [5.74, 6) is 0. The highest BCUT2D eigenvalue weighted by molar-refractivity contribution is 9.10. The predicted molar refractivity (Wildman–Crippen MR) is 76.5 cm³/mol. The monoisotopic (exact) mass is 316 g/mol. The molecule has 94 valence electrons. The van der Waals surface area contributed by atoms with E-state index in [1.165, 1.54) is 12.0 Å². The molecule has 0 atom stereocenters. The minimum absolute atomic E-state index is 0.699. The van der Waals surface area contributed by atoms with E-state index >= 15 is 0 Å². The topological polar surface area (TPSA) is 15.3 Å². The molecule has 0 aromatic heterocycles. The van der Waals surface area contributed by atoms with Crippen LogP contribution in [-0.2, 0) is 6.54 Å². The van der Waals surface area contributed by atoms with Gasteiger partial charge in [0.2, 0.25) is 0 Å². The maximum Gasteiger partial charge on any atom is 0.0548 e. The molecule has 0 saturated carbocycles. The van der Waals surface area contributed by atoms with Crippen molar-refractivity contribution in [3.8, 4) is 0 Å². The molecule has 0 aliphatic carbocycles. The van der Waals surface area contributed by atoms with Crippen LogP contribution in [0.1, 0.15) is 18.9 Å². The summed E-state index contributed by atoms with van der Waals surface area (Å²) in [6.07, 6.45) is 1.20. The number of halogens is 2. The largest absolute Gasteiger partial charge is 0.314 e. The van der Waals surface area contributed by atoms with E-state index in [0.29, 0.717) is 6.04 Å². The Labute approximate surface area is 116 Å². The van der Waals surface area contributed by atoms with Crippen LogP contribution in [-0.4, -0.2) is 30.6 Å². The number of nitrogens with one attached hydrogen (secondary N) is 1. The van der Waals surface area contributed by atoms with Crippen LogP contribution in [0.15, 0.2) is 22.7 Å². The van der Waals surface area contributed by atoms with Gasteiger partial charge in [-0.15, -0.1) is 0 Å². The molecule has 1 fully saturated rings. The summed E-state index contributed by atoms with van der Waals surface area (Å²) in [4.78, 5) is 2.55. The Hall–Kier alpha value is -0.0900. The van der Waals surface area contributed by atoms with Crippen molar-refractivity contribution in [3.05, 3.63) is 33.3 Å². The lowest BCUT2D eigenvalue weighted by molar-refractivity contribution is 0.138. The van der Waals surface area contributed by atoms with Gasteiger partial charge in [0.1, 0.15) is 0 Å². The maximum absolute atomic E-state index is 6.01. The van der Waals surface area contributed by atoms with E-state index in [1.807, 2.05) is 6.07 Å². The summed E-state index contributed by atoms with van der Waals surface area (Å²) in [6, 6.07) is 6.90. The van der Waals surface area contributed by atoms with Crippen LogP contribution in [0.5, 0.6) is 0 Å². The summed E-state index contributed by atoms with van der Waals surface area (Å²) in [7, 11) is 0. The zero-order valence-corrected chi connectivity index (χ0v) is 12.4. The summed E-state index contributed by atoms with van der Waals surface area (Å²) < 4.78 is 0.986. The molecular formula is C13H18BrClN2. The van der Waals surface area contributed by atoms with Gasteiger partial charge in [0.05, 0.1) is 5.02 Å². The van der Waals surface area contributed by atoms with Gasteiger partial charge in [-0.05, 0) is 46.6 Å². The first-order valence-corrected chi connectivity index (χ1v) is 7.26. The molecule has 0 spiro atoms. The zero-order chi connectivity index (χ0) is 12.3. The highest BCUT2D eigenvalue weighted by Crippen LogP contribution is 2.24. The Morgan fingerprint density at radius 1 is 1.47 bits per heavy atom. The lowest BCUT2D eigenvalue weighted by Crippen LogP contribution is -2.56. The van der Waals surface area contributed by atoms with Crippen LogP contribution in [0, 0.1) is 0 Å². The molecule has 1 aliphatic rings. The second-order valence-electron chi connectivity index (χ2n) is 4.53. The number of benzene rings is 1. The lowest BCUT2D eigenvalue weighted by Gasteiger charge is -2.38. The molecule has 0 amide bonds. The van der Waals surface area contributed by atoms with Crippen LogP contribution in [0.2, 0.25) is 5.02 Å². The molecule has 1 aliphatic heterocycles. The number of nitrogens with zero attached hydrogens (tertiary/aromatic N) is 1. The zero-order valence-electron chi connectivity index (χ0n) is 10.0. The third-order valence-corrected chi connectivity index (χ3v) is 4.37. The first-order valence-electron chi connectivity index (χ1n) is 6.09. The van der Waals surface area contributed by atoms with E-state index in [2.05, 4.69) is 45.2 Å². The Morgan fingerprint density at radius 3 is 2.76 bits per heavy atom. The Morgan fingerprint density at radius 2 is 2.24 bits per heavy atom. The van der Waals surface area contributed by atoms with Gasteiger partial charge in [-0.2, -0.15) is 0 Å². The smallest absolute Gasteiger partial charge is 0.0548 e. The van der Waals surface area contributed by atoms with Gasteiger partial charge >= 0.3 is 0 Å². The molecular weight excluding hydrogens is 300 g/mol. The molecule has 2 rings (SSSR count).